The molecule has 0 aliphatic carbocycles. The average molecular weight is 260 g/mol. The van der Waals surface area contributed by atoms with Gasteiger partial charge in [-0.3, -0.25) is 10.1 Å². The molecule has 0 saturated carbocycles. The van der Waals surface area contributed by atoms with E-state index in [2.05, 4.69) is 4.72 Å². The molecule has 0 amide bonds. The maximum absolute atomic E-state index is 13.5. The maximum Gasteiger partial charge on any atom is 0.301 e. The highest BCUT2D eigenvalue weighted by molar-refractivity contribution is 7.90. The van der Waals surface area contributed by atoms with Gasteiger partial charge in [0.25, 0.3) is 0 Å². The number of anilines is 1. The van der Waals surface area contributed by atoms with E-state index in [4.69, 9.17) is 11.1 Å². The van der Waals surface area contributed by atoms with E-state index in [0.29, 0.717) is 0 Å². The van der Waals surface area contributed by atoms with Gasteiger partial charge in [-0.2, -0.15) is 12.7 Å². The second-order valence-electron chi connectivity index (χ2n) is 3.50. The molecular weight excluding hydrogens is 247 g/mol. The van der Waals surface area contributed by atoms with Crippen molar-refractivity contribution in [2.24, 2.45) is 5.73 Å². The van der Waals surface area contributed by atoms with Gasteiger partial charge in [0.15, 0.2) is 0 Å². The molecule has 8 heteroatoms. The van der Waals surface area contributed by atoms with Crippen molar-refractivity contribution in [3.05, 3.63) is 29.6 Å². The van der Waals surface area contributed by atoms with Crippen LogP contribution in [0.3, 0.4) is 0 Å². The first-order chi connectivity index (χ1) is 7.74. The zero-order valence-electron chi connectivity index (χ0n) is 9.36. The lowest BCUT2D eigenvalue weighted by Gasteiger charge is -2.14. The molecule has 0 spiro atoms. The fourth-order valence-electron chi connectivity index (χ4n) is 0.996. The van der Waals surface area contributed by atoms with E-state index in [-0.39, 0.29) is 17.1 Å². The molecule has 0 fully saturated rings. The molecule has 94 valence electrons. The van der Waals surface area contributed by atoms with Crippen LogP contribution in [0.2, 0.25) is 0 Å². The molecule has 4 N–H and O–H groups in total. The van der Waals surface area contributed by atoms with Crippen molar-refractivity contribution in [1.82, 2.24) is 4.31 Å². The van der Waals surface area contributed by atoms with E-state index in [1.807, 2.05) is 0 Å². The Morgan fingerprint density at radius 2 is 2.06 bits per heavy atom. The van der Waals surface area contributed by atoms with Crippen molar-refractivity contribution >= 4 is 21.7 Å². The highest BCUT2D eigenvalue weighted by Gasteiger charge is 2.15. The number of nitrogens with one attached hydrogen (secondary N) is 2. The largest absolute Gasteiger partial charge is 0.384 e. The van der Waals surface area contributed by atoms with Crippen LogP contribution in [0, 0.1) is 11.2 Å². The van der Waals surface area contributed by atoms with Crippen LogP contribution in [0.15, 0.2) is 18.2 Å². The molecule has 0 saturated heterocycles. The molecule has 1 aromatic rings. The van der Waals surface area contributed by atoms with Crippen LogP contribution in [-0.2, 0) is 10.2 Å². The van der Waals surface area contributed by atoms with Gasteiger partial charge in [-0.1, -0.05) is 0 Å². The maximum atomic E-state index is 13.5. The van der Waals surface area contributed by atoms with E-state index in [9.17, 15) is 12.8 Å². The number of halogens is 1. The molecule has 1 rings (SSSR count). The molecule has 0 atom stereocenters. The predicted molar refractivity (Wildman–Crippen MR) is 63.6 cm³/mol. The van der Waals surface area contributed by atoms with Crippen LogP contribution in [0.5, 0.6) is 0 Å². The van der Waals surface area contributed by atoms with Gasteiger partial charge in [0, 0.05) is 19.7 Å². The summed E-state index contributed by atoms with van der Waals surface area (Å²) in [6.07, 6.45) is 0. The van der Waals surface area contributed by atoms with Crippen molar-refractivity contribution in [3.63, 3.8) is 0 Å². The fraction of sp³-hybridized carbons (Fsp3) is 0.222. The number of hydrogen-bond donors (Lipinski definition) is 3. The Bertz CT molecular complexity index is 542. The normalized spacial score (nSPS) is 11.5. The zero-order chi connectivity index (χ0) is 13.2. The van der Waals surface area contributed by atoms with Gasteiger partial charge < -0.3 is 5.73 Å². The molecule has 0 aromatic heterocycles. The fourth-order valence-corrected chi connectivity index (χ4v) is 1.62. The number of rotatable bonds is 4. The molecule has 0 radical (unpaired) electrons. The first-order valence-corrected chi connectivity index (χ1v) is 6.02. The highest BCUT2D eigenvalue weighted by Crippen LogP contribution is 2.17. The van der Waals surface area contributed by atoms with Crippen molar-refractivity contribution in [2.45, 2.75) is 0 Å². The van der Waals surface area contributed by atoms with Gasteiger partial charge in [0.2, 0.25) is 0 Å². The Kier molecular flexibility index (Phi) is 3.69. The van der Waals surface area contributed by atoms with Crippen LogP contribution in [0.25, 0.3) is 0 Å². The molecule has 0 unspecified atom stereocenters. The smallest absolute Gasteiger partial charge is 0.301 e. The van der Waals surface area contributed by atoms with E-state index in [1.54, 1.807) is 0 Å². The predicted octanol–water partition coefficient (Wildman–Crippen LogP) is 0.328. The third kappa shape index (κ3) is 3.14. The van der Waals surface area contributed by atoms with Crippen LogP contribution < -0.4 is 10.5 Å². The van der Waals surface area contributed by atoms with Gasteiger partial charge in [-0.15, -0.1) is 0 Å². The Labute approximate surface area is 98.9 Å². The minimum Gasteiger partial charge on any atom is -0.384 e. The summed E-state index contributed by atoms with van der Waals surface area (Å²) in [5.41, 5.74) is 5.18. The summed E-state index contributed by atoms with van der Waals surface area (Å²) in [6, 6.07) is 3.57. The van der Waals surface area contributed by atoms with E-state index in [0.717, 1.165) is 10.4 Å². The minimum atomic E-state index is -3.75. The third-order valence-electron chi connectivity index (χ3n) is 2.00. The Morgan fingerprint density at radius 1 is 1.47 bits per heavy atom. The molecule has 6 nitrogen and oxygen atoms in total. The molecule has 1 aromatic carbocycles. The van der Waals surface area contributed by atoms with Crippen molar-refractivity contribution in [1.29, 1.82) is 5.41 Å². The summed E-state index contributed by atoms with van der Waals surface area (Å²) >= 11 is 0. The van der Waals surface area contributed by atoms with Crippen LogP contribution in [-0.4, -0.2) is 32.7 Å². The lowest BCUT2D eigenvalue weighted by atomic mass is 10.2. The van der Waals surface area contributed by atoms with Gasteiger partial charge >= 0.3 is 10.2 Å². The summed E-state index contributed by atoms with van der Waals surface area (Å²) in [5.74, 6) is -1.07. The summed E-state index contributed by atoms with van der Waals surface area (Å²) in [7, 11) is -1.10. The van der Waals surface area contributed by atoms with Gasteiger partial charge in [0.1, 0.15) is 11.7 Å². The summed E-state index contributed by atoms with van der Waals surface area (Å²) < 4.78 is 39.4. The average Bonchev–Trinajstić information content (AvgIpc) is 2.20. The Balaban J connectivity index is 3.06. The number of nitrogens with zero attached hydrogens (tertiary/aromatic N) is 1. The van der Waals surface area contributed by atoms with Crippen LogP contribution in [0.1, 0.15) is 5.56 Å². The quantitative estimate of drug-likeness (QED) is 0.537. The lowest BCUT2D eigenvalue weighted by molar-refractivity contribution is 0.526. The lowest BCUT2D eigenvalue weighted by Crippen LogP contribution is -2.29. The first-order valence-electron chi connectivity index (χ1n) is 4.58. The summed E-state index contributed by atoms with van der Waals surface area (Å²) in [6.45, 7) is 0. The molecule has 0 heterocycles. The summed E-state index contributed by atoms with van der Waals surface area (Å²) in [5, 5.41) is 7.11. The first kappa shape index (κ1) is 13.4. The van der Waals surface area contributed by atoms with Gasteiger partial charge in [0.05, 0.1) is 5.69 Å². The Hall–Kier alpha value is -1.67. The molecule has 17 heavy (non-hydrogen) atoms. The highest BCUT2D eigenvalue weighted by atomic mass is 32.2. The molecular formula is C9H13FN4O2S. The van der Waals surface area contributed by atoms with Crippen LogP contribution in [0.4, 0.5) is 10.1 Å². The van der Waals surface area contributed by atoms with E-state index < -0.39 is 16.0 Å². The monoisotopic (exact) mass is 260 g/mol. The minimum absolute atomic E-state index is 0.190. The number of nitrogen functional groups attached to an aromatic ring is 1. The number of benzene rings is 1. The van der Waals surface area contributed by atoms with Crippen LogP contribution >= 0.6 is 0 Å². The summed E-state index contributed by atoms with van der Waals surface area (Å²) in [4.78, 5) is 0. The van der Waals surface area contributed by atoms with E-state index >= 15 is 0 Å². The molecule has 0 aliphatic heterocycles. The topological polar surface area (TPSA) is 99.3 Å². The van der Waals surface area contributed by atoms with Gasteiger partial charge in [-0.05, 0) is 18.2 Å². The van der Waals surface area contributed by atoms with Crippen molar-refractivity contribution < 1.29 is 12.8 Å². The molecule has 0 aliphatic rings. The number of hydrogen-bond acceptors (Lipinski definition) is 3. The van der Waals surface area contributed by atoms with Gasteiger partial charge in [-0.25, -0.2) is 4.39 Å². The van der Waals surface area contributed by atoms with Crippen molar-refractivity contribution in [3.8, 4) is 0 Å². The van der Waals surface area contributed by atoms with E-state index in [1.165, 1.54) is 26.2 Å². The SMILES string of the molecule is CN(C)S(=O)(=O)Nc1ccc(C(=N)N)cc1F. The third-order valence-corrected chi connectivity index (χ3v) is 3.44. The standard InChI is InChI=1S/C9H13FN4O2S/c1-14(2)17(15,16)13-8-4-3-6(9(11)12)5-7(8)10/h3-5,13H,1-2H3,(H3,11,12). The second-order valence-corrected chi connectivity index (χ2v) is 5.38. The second kappa shape index (κ2) is 4.68. The Morgan fingerprint density at radius 3 is 2.47 bits per heavy atom. The molecule has 0 bridgehead atoms. The zero-order valence-corrected chi connectivity index (χ0v) is 10.2. The van der Waals surface area contributed by atoms with Crippen molar-refractivity contribution in [2.75, 3.05) is 18.8 Å². The number of nitrogens with two attached hydrogens (primary N) is 1. The number of amidine groups is 1.